The molecule has 1 heterocycles. The van der Waals surface area contributed by atoms with Crippen LogP contribution in [0.1, 0.15) is 24.8 Å². The Balaban J connectivity index is 0. The van der Waals surface area contributed by atoms with E-state index < -0.39 is 66.3 Å². The molecular formula is C24H38N6O11S. The molecule has 0 saturated heterocycles. The van der Waals surface area contributed by atoms with Gasteiger partial charge in [-0.25, -0.2) is 0 Å². The SMILES string of the molecule is CSCC[C@H](N)C(=O)O.NC(=O)C[C@H](N)C(=O)O.N[C@@H](CC(=O)O)C(=O)O.N[C@@H](Cc1c[nH]c2ccccc12)C(=O)O. The number of thioether (sulfide) groups is 1. The average Bonchev–Trinajstić information content (AvgIpc) is 3.30. The Labute approximate surface area is 244 Å². The van der Waals surface area contributed by atoms with Gasteiger partial charge in [-0.05, 0) is 30.1 Å². The Hall–Kier alpha value is -4.23. The Bertz CT molecular complexity index is 1140. The van der Waals surface area contributed by atoms with Crippen LogP contribution in [-0.2, 0) is 35.2 Å². The molecule has 0 saturated carbocycles. The second kappa shape index (κ2) is 21.5. The summed E-state index contributed by atoms with van der Waals surface area (Å²) in [4.78, 5) is 63.3. The zero-order valence-corrected chi connectivity index (χ0v) is 23.5. The number of para-hydroxylation sites is 1. The number of aliphatic carboxylic acids is 5. The first kappa shape index (κ1) is 39.9. The van der Waals surface area contributed by atoms with Gasteiger partial charge in [0, 0.05) is 23.5 Å². The summed E-state index contributed by atoms with van der Waals surface area (Å²) in [5, 5.41) is 42.2. The molecule has 0 radical (unpaired) electrons. The molecule has 236 valence electrons. The fourth-order valence-electron chi connectivity index (χ4n) is 2.57. The summed E-state index contributed by atoms with van der Waals surface area (Å²) in [5.41, 5.74) is 27.0. The van der Waals surface area contributed by atoms with E-state index in [0.717, 1.165) is 22.2 Å². The van der Waals surface area contributed by atoms with E-state index in [1.165, 1.54) is 0 Å². The monoisotopic (exact) mass is 618 g/mol. The van der Waals surface area contributed by atoms with Crippen molar-refractivity contribution in [2.45, 2.75) is 49.9 Å². The number of benzene rings is 1. The van der Waals surface area contributed by atoms with Gasteiger partial charge in [0.05, 0.1) is 12.8 Å². The minimum Gasteiger partial charge on any atom is -0.481 e. The van der Waals surface area contributed by atoms with Gasteiger partial charge in [0.2, 0.25) is 5.91 Å². The van der Waals surface area contributed by atoms with E-state index >= 15 is 0 Å². The molecule has 0 aliphatic carbocycles. The standard InChI is InChI=1S/C11H12N2O2.C5H11NO2S.C4H8N2O3.C4H7NO4/c12-9(11(14)15)5-7-6-13-10-4-2-1-3-8(7)10;1-9-3-2-4(6)5(7)8;2*5-2(4(8)9)1-3(6)7/h1-4,6,9,13H,5,12H2,(H,14,15);4H,2-3,6H2,1H3,(H,7,8);2H,1,5H2,(H2,6,7)(H,8,9);2H,1,5H2,(H,6,7)(H,8,9)/t9-;4-;2*2-/m0000/s1. The summed E-state index contributed by atoms with van der Waals surface area (Å²) >= 11 is 1.60. The summed E-state index contributed by atoms with van der Waals surface area (Å²) in [7, 11) is 0. The van der Waals surface area contributed by atoms with E-state index in [4.69, 9.17) is 48.5 Å². The molecule has 0 spiro atoms. The highest BCUT2D eigenvalue weighted by Gasteiger charge is 2.15. The topological polar surface area (TPSA) is 349 Å². The van der Waals surface area contributed by atoms with Gasteiger partial charge < -0.3 is 59.2 Å². The number of amides is 1. The molecule has 0 aliphatic rings. The third-order valence-corrected chi connectivity index (χ3v) is 5.48. The number of carboxylic acid groups (broad SMARTS) is 5. The summed E-state index contributed by atoms with van der Waals surface area (Å²) in [5.74, 6) is -5.49. The number of nitrogens with one attached hydrogen (secondary N) is 1. The minimum absolute atomic E-state index is 0.310. The first-order chi connectivity index (χ1) is 19.4. The van der Waals surface area contributed by atoms with Crippen molar-refractivity contribution in [3.63, 3.8) is 0 Å². The number of hydrogen-bond acceptors (Lipinski definition) is 11. The second-order valence-electron chi connectivity index (χ2n) is 8.39. The van der Waals surface area contributed by atoms with Crippen molar-refractivity contribution in [1.82, 2.24) is 4.98 Å². The van der Waals surface area contributed by atoms with Crippen LogP contribution in [0, 0.1) is 0 Å². The van der Waals surface area contributed by atoms with Gasteiger partial charge in [0.15, 0.2) is 0 Å². The van der Waals surface area contributed by atoms with E-state index in [-0.39, 0.29) is 6.42 Å². The number of aromatic amines is 1. The lowest BCUT2D eigenvalue weighted by molar-refractivity contribution is -0.144. The highest BCUT2D eigenvalue weighted by molar-refractivity contribution is 7.98. The number of carboxylic acids is 5. The van der Waals surface area contributed by atoms with Crippen LogP contribution in [0.4, 0.5) is 0 Å². The van der Waals surface area contributed by atoms with Gasteiger partial charge in [0.1, 0.15) is 24.2 Å². The number of carbonyl (C=O) groups excluding carboxylic acids is 1. The lowest BCUT2D eigenvalue weighted by atomic mass is 10.1. The van der Waals surface area contributed by atoms with E-state index in [1.54, 1.807) is 11.8 Å². The molecule has 1 aromatic carbocycles. The van der Waals surface area contributed by atoms with Gasteiger partial charge in [-0.2, -0.15) is 11.8 Å². The maximum Gasteiger partial charge on any atom is 0.321 e. The van der Waals surface area contributed by atoms with Gasteiger partial charge in [0.25, 0.3) is 0 Å². The zero-order chi connectivity index (χ0) is 33.0. The predicted octanol–water partition coefficient (Wildman–Crippen LogP) is -1.58. The van der Waals surface area contributed by atoms with Gasteiger partial charge in [-0.3, -0.25) is 28.8 Å². The molecule has 0 unspecified atom stereocenters. The van der Waals surface area contributed by atoms with Crippen molar-refractivity contribution < 1.29 is 54.3 Å². The molecule has 4 atom stereocenters. The number of rotatable bonds is 13. The van der Waals surface area contributed by atoms with Crippen molar-refractivity contribution in [2.24, 2.45) is 28.7 Å². The molecule has 2 rings (SSSR count). The van der Waals surface area contributed by atoms with Crippen LogP contribution >= 0.6 is 11.8 Å². The van der Waals surface area contributed by atoms with Crippen LogP contribution in [0.25, 0.3) is 10.9 Å². The highest BCUT2D eigenvalue weighted by Crippen LogP contribution is 2.18. The Kier molecular flexibility index (Phi) is 20.4. The number of carbonyl (C=O) groups is 6. The predicted molar refractivity (Wildman–Crippen MR) is 154 cm³/mol. The smallest absolute Gasteiger partial charge is 0.321 e. The molecule has 16 N–H and O–H groups in total. The van der Waals surface area contributed by atoms with Crippen molar-refractivity contribution in [3.05, 3.63) is 36.0 Å². The van der Waals surface area contributed by atoms with Gasteiger partial charge in [-0.1, -0.05) is 18.2 Å². The van der Waals surface area contributed by atoms with E-state index in [2.05, 4.69) is 10.7 Å². The first-order valence-electron chi connectivity index (χ1n) is 11.9. The number of hydrogen-bond donors (Lipinski definition) is 11. The van der Waals surface area contributed by atoms with E-state index in [0.29, 0.717) is 12.8 Å². The molecule has 17 nitrogen and oxygen atoms in total. The fourth-order valence-corrected chi connectivity index (χ4v) is 3.06. The number of fused-ring (bicyclic) bond motifs is 1. The van der Waals surface area contributed by atoms with Gasteiger partial charge in [-0.15, -0.1) is 0 Å². The van der Waals surface area contributed by atoms with Crippen molar-refractivity contribution in [1.29, 1.82) is 0 Å². The van der Waals surface area contributed by atoms with Crippen molar-refractivity contribution in [3.8, 4) is 0 Å². The summed E-state index contributed by atoms with van der Waals surface area (Å²) < 4.78 is 0. The molecule has 42 heavy (non-hydrogen) atoms. The third-order valence-electron chi connectivity index (χ3n) is 4.83. The second-order valence-corrected chi connectivity index (χ2v) is 9.38. The van der Waals surface area contributed by atoms with Gasteiger partial charge >= 0.3 is 29.8 Å². The van der Waals surface area contributed by atoms with E-state index in [9.17, 15) is 28.8 Å². The Morgan fingerprint density at radius 3 is 1.62 bits per heavy atom. The number of aromatic nitrogens is 1. The molecule has 0 bridgehead atoms. The van der Waals surface area contributed by atoms with Crippen LogP contribution in [0.2, 0.25) is 0 Å². The minimum atomic E-state index is -1.29. The molecule has 0 fully saturated rings. The van der Waals surface area contributed by atoms with Crippen LogP contribution in [0.3, 0.4) is 0 Å². The lowest BCUT2D eigenvalue weighted by Gasteiger charge is -2.04. The summed E-state index contributed by atoms with van der Waals surface area (Å²) in [6.07, 6.45) is 3.79. The first-order valence-corrected chi connectivity index (χ1v) is 13.3. The number of primary amides is 1. The maximum absolute atomic E-state index is 10.6. The number of nitrogens with two attached hydrogens (primary N) is 5. The highest BCUT2D eigenvalue weighted by atomic mass is 32.2. The van der Waals surface area contributed by atoms with Crippen LogP contribution < -0.4 is 28.7 Å². The molecular weight excluding hydrogens is 580 g/mol. The average molecular weight is 619 g/mol. The fraction of sp³-hybridized carbons (Fsp3) is 0.417. The molecule has 2 aromatic rings. The molecule has 1 amide bonds. The van der Waals surface area contributed by atoms with Crippen LogP contribution in [0.5, 0.6) is 0 Å². The quantitative estimate of drug-likeness (QED) is 0.121. The molecule has 18 heteroatoms. The zero-order valence-electron chi connectivity index (χ0n) is 22.7. The maximum atomic E-state index is 10.6. The Morgan fingerprint density at radius 1 is 0.762 bits per heavy atom. The van der Waals surface area contributed by atoms with E-state index in [1.807, 2.05) is 36.7 Å². The summed E-state index contributed by atoms with van der Waals surface area (Å²) in [6, 6.07) is 3.78. The molecule has 0 aliphatic heterocycles. The normalized spacial score (nSPS) is 12.8. The van der Waals surface area contributed by atoms with Crippen LogP contribution in [-0.4, -0.2) is 102 Å². The van der Waals surface area contributed by atoms with Crippen molar-refractivity contribution >= 4 is 58.4 Å². The largest absolute Gasteiger partial charge is 0.481 e. The lowest BCUT2D eigenvalue weighted by Crippen LogP contribution is -2.34. The third kappa shape index (κ3) is 19.0. The summed E-state index contributed by atoms with van der Waals surface area (Å²) in [6.45, 7) is 0. The van der Waals surface area contributed by atoms with Crippen LogP contribution in [0.15, 0.2) is 30.5 Å². The number of H-pyrrole nitrogens is 1. The van der Waals surface area contributed by atoms with Crippen molar-refractivity contribution in [2.75, 3.05) is 12.0 Å². The molecule has 1 aromatic heterocycles. The Morgan fingerprint density at radius 2 is 1.24 bits per heavy atom.